The van der Waals surface area contributed by atoms with Crippen LogP contribution in [0.4, 0.5) is 0 Å². The number of rotatable bonds is 5. The Kier molecular flexibility index (Phi) is 4.22. The fraction of sp³-hybridized carbons (Fsp3) is 0.222. The average molecular weight is 324 g/mol. The minimum Gasteiger partial charge on any atom is -0.388 e. The molecule has 2 amide bonds. The Morgan fingerprint density at radius 2 is 1.75 bits per heavy atom. The van der Waals surface area contributed by atoms with Gasteiger partial charge in [-0.3, -0.25) is 24.3 Å². The summed E-state index contributed by atoms with van der Waals surface area (Å²) in [4.78, 5) is 41.8. The van der Waals surface area contributed by atoms with Gasteiger partial charge in [0, 0.05) is 18.9 Å². The van der Waals surface area contributed by atoms with Crippen LogP contribution < -0.4 is 0 Å². The molecular formula is C18H16N2O4. The van der Waals surface area contributed by atoms with Gasteiger partial charge in [-0.1, -0.05) is 18.2 Å². The molecule has 24 heavy (non-hydrogen) atoms. The highest BCUT2D eigenvalue weighted by molar-refractivity contribution is 6.21. The summed E-state index contributed by atoms with van der Waals surface area (Å²) in [5.41, 5.74) is 1.11. The summed E-state index contributed by atoms with van der Waals surface area (Å²) in [6.07, 6.45) is 1.88. The number of nitrogens with zero attached hydrogens (tertiary/aromatic N) is 2. The number of aromatic nitrogens is 1. The van der Waals surface area contributed by atoms with E-state index in [2.05, 4.69) is 4.98 Å². The standard InChI is InChI=1S/C18H16N2O4/c1-11(21)15(16(22)12-5-4-8-19-9-12)10-20-17(23)13-6-2-3-7-14(13)18(20)24/h2-9,15-16,22H,10H2,1H3. The van der Waals surface area contributed by atoms with Crippen LogP contribution in [0.5, 0.6) is 0 Å². The number of fused-ring (bicyclic) bond motifs is 1. The number of pyridine rings is 1. The normalized spacial score (nSPS) is 16.0. The zero-order valence-electron chi connectivity index (χ0n) is 13.0. The van der Waals surface area contributed by atoms with Crippen molar-refractivity contribution in [1.82, 2.24) is 9.88 Å². The van der Waals surface area contributed by atoms with E-state index in [0.717, 1.165) is 4.90 Å². The van der Waals surface area contributed by atoms with Crippen molar-refractivity contribution < 1.29 is 19.5 Å². The lowest BCUT2D eigenvalue weighted by atomic mass is 9.93. The molecule has 0 aliphatic carbocycles. The third-order valence-corrected chi connectivity index (χ3v) is 4.19. The van der Waals surface area contributed by atoms with Crippen molar-refractivity contribution in [2.45, 2.75) is 13.0 Å². The van der Waals surface area contributed by atoms with E-state index in [4.69, 9.17) is 0 Å². The molecule has 6 heteroatoms. The molecule has 2 unspecified atom stereocenters. The van der Waals surface area contributed by atoms with Crippen LogP contribution in [-0.4, -0.2) is 39.1 Å². The molecule has 122 valence electrons. The molecule has 2 atom stereocenters. The van der Waals surface area contributed by atoms with Gasteiger partial charge in [-0.05, 0) is 30.7 Å². The maximum Gasteiger partial charge on any atom is 0.261 e. The van der Waals surface area contributed by atoms with Crippen LogP contribution in [0.3, 0.4) is 0 Å². The molecule has 0 radical (unpaired) electrons. The first-order valence-electron chi connectivity index (χ1n) is 7.54. The molecular weight excluding hydrogens is 308 g/mol. The van der Waals surface area contributed by atoms with Crippen LogP contribution in [0.1, 0.15) is 39.3 Å². The second-order valence-corrected chi connectivity index (χ2v) is 5.71. The molecule has 3 rings (SSSR count). The summed E-state index contributed by atoms with van der Waals surface area (Å²) < 4.78 is 0. The van der Waals surface area contributed by atoms with Gasteiger partial charge < -0.3 is 5.11 Å². The van der Waals surface area contributed by atoms with Gasteiger partial charge in [0.2, 0.25) is 0 Å². The van der Waals surface area contributed by atoms with E-state index in [1.165, 1.54) is 13.1 Å². The molecule has 0 bridgehead atoms. The Morgan fingerprint density at radius 1 is 1.12 bits per heavy atom. The van der Waals surface area contributed by atoms with Gasteiger partial charge in [-0.25, -0.2) is 0 Å². The van der Waals surface area contributed by atoms with Crippen molar-refractivity contribution in [2.24, 2.45) is 5.92 Å². The summed E-state index contributed by atoms with van der Waals surface area (Å²) in [6, 6.07) is 9.82. The number of amides is 2. The number of benzene rings is 1. The van der Waals surface area contributed by atoms with Crippen LogP contribution in [0.2, 0.25) is 0 Å². The Hall–Kier alpha value is -2.86. The van der Waals surface area contributed by atoms with Gasteiger partial charge in [0.25, 0.3) is 11.8 Å². The molecule has 1 N–H and O–H groups in total. The number of carbonyl (C=O) groups is 3. The zero-order chi connectivity index (χ0) is 17.3. The van der Waals surface area contributed by atoms with Crippen molar-refractivity contribution in [2.75, 3.05) is 6.54 Å². The fourth-order valence-corrected chi connectivity index (χ4v) is 2.84. The third-order valence-electron chi connectivity index (χ3n) is 4.19. The Balaban J connectivity index is 1.87. The lowest BCUT2D eigenvalue weighted by molar-refractivity contribution is -0.124. The highest BCUT2D eigenvalue weighted by Crippen LogP contribution is 2.28. The number of hydrogen-bond acceptors (Lipinski definition) is 5. The maximum absolute atomic E-state index is 12.4. The minimum atomic E-state index is -1.14. The SMILES string of the molecule is CC(=O)C(CN1C(=O)c2ccccc2C1=O)C(O)c1cccnc1. The van der Waals surface area contributed by atoms with Gasteiger partial charge in [-0.15, -0.1) is 0 Å². The van der Waals surface area contributed by atoms with Crippen molar-refractivity contribution in [3.05, 3.63) is 65.5 Å². The first kappa shape index (κ1) is 16.0. The Morgan fingerprint density at radius 3 is 2.25 bits per heavy atom. The van der Waals surface area contributed by atoms with E-state index < -0.39 is 23.8 Å². The first-order chi connectivity index (χ1) is 11.5. The van der Waals surface area contributed by atoms with E-state index in [1.807, 2.05) is 0 Å². The molecule has 1 aromatic heterocycles. The third kappa shape index (κ3) is 2.72. The van der Waals surface area contributed by atoms with Gasteiger partial charge in [0.1, 0.15) is 5.78 Å². The van der Waals surface area contributed by atoms with E-state index in [1.54, 1.807) is 42.6 Å². The Labute approximate surface area is 138 Å². The van der Waals surface area contributed by atoms with Crippen LogP contribution in [-0.2, 0) is 4.79 Å². The van der Waals surface area contributed by atoms with Gasteiger partial charge in [-0.2, -0.15) is 0 Å². The summed E-state index contributed by atoms with van der Waals surface area (Å²) in [5, 5.41) is 10.5. The highest BCUT2D eigenvalue weighted by Gasteiger charge is 2.39. The monoisotopic (exact) mass is 324 g/mol. The van der Waals surface area contributed by atoms with Crippen molar-refractivity contribution in [3.63, 3.8) is 0 Å². The molecule has 2 heterocycles. The highest BCUT2D eigenvalue weighted by atomic mass is 16.3. The molecule has 0 saturated carbocycles. The number of ketones is 1. The summed E-state index contributed by atoms with van der Waals surface area (Å²) >= 11 is 0. The molecule has 0 saturated heterocycles. The van der Waals surface area contributed by atoms with Crippen molar-refractivity contribution in [1.29, 1.82) is 0 Å². The second-order valence-electron chi connectivity index (χ2n) is 5.71. The number of carbonyl (C=O) groups excluding carboxylic acids is 3. The van der Waals surface area contributed by atoms with E-state index in [9.17, 15) is 19.5 Å². The number of imide groups is 1. The molecule has 1 aliphatic rings. The molecule has 6 nitrogen and oxygen atoms in total. The first-order valence-corrected chi connectivity index (χ1v) is 7.54. The van der Waals surface area contributed by atoms with Gasteiger partial charge in [0.05, 0.1) is 23.1 Å². The lowest BCUT2D eigenvalue weighted by Gasteiger charge is -2.24. The predicted molar refractivity (Wildman–Crippen MR) is 85.2 cm³/mol. The van der Waals surface area contributed by atoms with Crippen LogP contribution >= 0.6 is 0 Å². The molecule has 1 aliphatic heterocycles. The van der Waals surface area contributed by atoms with E-state index >= 15 is 0 Å². The van der Waals surface area contributed by atoms with Crippen molar-refractivity contribution in [3.8, 4) is 0 Å². The summed E-state index contributed by atoms with van der Waals surface area (Å²) in [7, 11) is 0. The topological polar surface area (TPSA) is 87.6 Å². The molecule has 2 aromatic rings. The molecule has 0 spiro atoms. The smallest absolute Gasteiger partial charge is 0.261 e. The van der Waals surface area contributed by atoms with E-state index in [0.29, 0.717) is 16.7 Å². The fourth-order valence-electron chi connectivity index (χ4n) is 2.84. The average Bonchev–Trinajstić information content (AvgIpc) is 2.84. The number of Topliss-reactive ketones (excluding diaryl/α,β-unsaturated/α-hetero) is 1. The van der Waals surface area contributed by atoms with E-state index in [-0.39, 0.29) is 12.3 Å². The minimum absolute atomic E-state index is 0.169. The van der Waals surface area contributed by atoms with Crippen LogP contribution in [0.15, 0.2) is 48.8 Å². The van der Waals surface area contributed by atoms with Crippen molar-refractivity contribution >= 4 is 17.6 Å². The summed E-state index contributed by atoms with van der Waals surface area (Å²) in [5.74, 6) is -2.10. The lowest BCUT2D eigenvalue weighted by Crippen LogP contribution is -2.39. The molecule has 0 fully saturated rings. The zero-order valence-corrected chi connectivity index (χ0v) is 13.0. The quantitative estimate of drug-likeness (QED) is 0.844. The number of hydrogen-bond donors (Lipinski definition) is 1. The largest absolute Gasteiger partial charge is 0.388 e. The number of aliphatic hydroxyl groups excluding tert-OH is 1. The molecule has 1 aromatic carbocycles. The van der Waals surface area contributed by atoms with Gasteiger partial charge >= 0.3 is 0 Å². The van der Waals surface area contributed by atoms with Crippen LogP contribution in [0, 0.1) is 5.92 Å². The predicted octanol–water partition coefficient (Wildman–Crippen LogP) is 1.62. The number of aliphatic hydroxyl groups is 1. The second kappa shape index (κ2) is 6.33. The Bertz CT molecular complexity index is 769. The van der Waals surface area contributed by atoms with Crippen LogP contribution in [0.25, 0.3) is 0 Å². The van der Waals surface area contributed by atoms with Gasteiger partial charge in [0.15, 0.2) is 0 Å². The maximum atomic E-state index is 12.4. The summed E-state index contributed by atoms with van der Waals surface area (Å²) in [6.45, 7) is 1.17.